The third kappa shape index (κ3) is 2.76. The van der Waals surface area contributed by atoms with Gasteiger partial charge in [-0.3, -0.25) is 0 Å². The Morgan fingerprint density at radius 2 is 2.24 bits per heavy atom. The van der Waals surface area contributed by atoms with Crippen LogP contribution in [0.5, 0.6) is 0 Å². The first-order valence-corrected chi connectivity index (χ1v) is 7.54. The van der Waals surface area contributed by atoms with Crippen molar-refractivity contribution in [1.29, 1.82) is 0 Å². The summed E-state index contributed by atoms with van der Waals surface area (Å²) in [5.74, 6) is 1.09. The van der Waals surface area contributed by atoms with Crippen molar-refractivity contribution in [1.82, 2.24) is 0 Å². The number of halogens is 2. The van der Waals surface area contributed by atoms with Gasteiger partial charge in [-0.05, 0) is 57.7 Å². The zero-order chi connectivity index (χ0) is 12.4. The van der Waals surface area contributed by atoms with Crippen LogP contribution in [0.3, 0.4) is 0 Å². The van der Waals surface area contributed by atoms with Gasteiger partial charge in [0.15, 0.2) is 0 Å². The molecule has 17 heavy (non-hydrogen) atoms. The zero-order valence-electron chi connectivity index (χ0n) is 9.89. The molecule has 0 aliphatic heterocycles. The summed E-state index contributed by atoms with van der Waals surface area (Å²) in [7, 11) is 0. The molecule has 1 aromatic carbocycles. The molecular formula is C14H14BrIO. The Hall–Kier alpha value is -0.290. The molecule has 0 atom stereocenters. The lowest BCUT2D eigenvalue weighted by molar-refractivity contribution is 0.543. The molecule has 0 aliphatic carbocycles. The second kappa shape index (κ2) is 5.57. The predicted molar refractivity (Wildman–Crippen MR) is 85.6 cm³/mol. The molecule has 1 nitrogen and oxygen atoms in total. The molecule has 3 heteroatoms. The van der Waals surface area contributed by atoms with Crippen molar-refractivity contribution in [3.8, 4) is 0 Å². The Labute approximate surface area is 124 Å². The number of rotatable bonds is 3. The maximum atomic E-state index is 5.94. The molecule has 0 fully saturated rings. The summed E-state index contributed by atoms with van der Waals surface area (Å²) in [6, 6.07) is 6.10. The van der Waals surface area contributed by atoms with Gasteiger partial charge in [-0.1, -0.05) is 28.9 Å². The third-order valence-electron chi connectivity index (χ3n) is 2.60. The number of furan rings is 1. The van der Waals surface area contributed by atoms with Crippen molar-refractivity contribution in [3.63, 3.8) is 0 Å². The number of hydrogen-bond donors (Lipinski definition) is 0. The quantitative estimate of drug-likeness (QED) is 0.576. The number of benzene rings is 1. The highest BCUT2D eigenvalue weighted by Gasteiger charge is 2.13. The number of allylic oxidation sites excluding steroid dienone is 1. The topological polar surface area (TPSA) is 13.1 Å². The maximum Gasteiger partial charge on any atom is 0.136 e. The van der Waals surface area contributed by atoms with E-state index >= 15 is 0 Å². The Morgan fingerprint density at radius 3 is 2.88 bits per heavy atom. The van der Waals surface area contributed by atoms with E-state index in [9.17, 15) is 0 Å². The molecule has 2 aromatic rings. The highest BCUT2D eigenvalue weighted by molar-refractivity contribution is 14.1. The van der Waals surface area contributed by atoms with Crippen LogP contribution in [0.25, 0.3) is 17.0 Å². The highest BCUT2D eigenvalue weighted by atomic mass is 127. The summed E-state index contributed by atoms with van der Waals surface area (Å²) in [5.41, 5.74) is 2.19. The summed E-state index contributed by atoms with van der Waals surface area (Å²) in [6.07, 6.45) is 4.28. The largest absolute Gasteiger partial charge is 0.460 e. The monoisotopic (exact) mass is 404 g/mol. The molecule has 0 radical (unpaired) electrons. The van der Waals surface area contributed by atoms with Crippen molar-refractivity contribution in [3.05, 3.63) is 37.6 Å². The van der Waals surface area contributed by atoms with Crippen molar-refractivity contribution in [2.75, 3.05) is 0 Å². The average molecular weight is 405 g/mol. The van der Waals surface area contributed by atoms with Crippen molar-refractivity contribution in [2.45, 2.75) is 26.7 Å². The van der Waals surface area contributed by atoms with E-state index in [0.717, 1.165) is 28.7 Å². The first kappa shape index (κ1) is 13.1. The van der Waals surface area contributed by atoms with Crippen LogP contribution < -0.4 is 0 Å². The third-order valence-corrected chi connectivity index (χ3v) is 3.57. The van der Waals surface area contributed by atoms with Gasteiger partial charge in [-0.15, -0.1) is 0 Å². The highest BCUT2D eigenvalue weighted by Crippen LogP contribution is 2.34. The fourth-order valence-corrected chi connectivity index (χ4v) is 2.82. The molecule has 0 bridgehead atoms. The van der Waals surface area contributed by atoms with Gasteiger partial charge in [0.25, 0.3) is 0 Å². The van der Waals surface area contributed by atoms with Crippen LogP contribution in [0.1, 0.15) is 31.6 Å². The predicted octanol–water partition coefficient (Wildman–Crippen LogP) is 5.94. The van der Waals surface area contributed by atoms with Gasteiger partial charge in [0.2, 0.25) is 0 Å². The molecule has 1 aromatic heterocycles. The fraction of sp³-hybridized carbons (Fsp3) is 0.286. The number of aryl methyl sites for hydroxylation is 1. The maximum absolute atomic E-state index is 5.94. The van der Waals surface area contributed by atoms with Crippen LogP contribution in [-0.2, 0) is 6.42 Å². The van der Waals surface area contributed by atoms with E-state index < -0.39 is 0 Å². The minimum atomic E-state index is 0.965. The van der Waals surface area contributed by atoms with E-state index in [1.807, 2.05) is 12.1 Å². The Kier molecular flexibility index (Phi) is 4.31. The summed E-state index contributed by atoms with van der Waals surface area (Å²) in [4.78, 5) is 0. The summed E-state index contributed by atoms with van der Waals surface area (Å²) < 4.78 is 8.31. The fourth-order valence-electron chi connectivity index (χ4n) is 1.94. The van der Waals surface area contributed by atoms with E-state index in [-0.39, 0.29) is 0 Å². The van der Waals surface area contributed by atoms with Crippen LogP contribution in [-0.4, -0.2) is 0 Å². The molecule has 2 rings (SSSR count). The second-order valence-electron chi connectivity index (χ2n) is 4.03. The van der Waals surface area contributed by atoms with Crippen LogP contribution in [0.2, 0.25) is 0 Å². The van der Waals surface area contributed by atoms with Gasteiger partial charge >= 0.3 is 0 Å². The lowest BCUT2D eigenvalue weighted by Crippen LogP contribution is -1.83. The molecule has 1 heterocycles. The van der Waals surface area contributed by atoms with Crippen molar-refractivity contribution >= 4 is 55.6 Å². The van der Waals surface area contributed by atoms with Crippen LogP contribution in [0.15, 0.2) is 30.7 Å². The smallest absolute Gasteiger partial charge is 0.136 e. The Bertz CT molecular complexity index is 565. The lowest BCUT2D eigenvalue weighted by atomic mass is 10.1. The van der Waals surface area contributed by atoms with E-state index in [4.69, 9.17) is 4.42 Å². The van der Waals surface area contributed by atoms with Gasteiger partial charge in [-0.2, -0.15) is 0 Å². The van der Waals surface area contributed by atoms with E-state index in [2.05, 4.69) is 64.5 Å². The van der Waals surface area contributed by atoms with E-state index in [0.29, 0.717) is 0 Å². The van der Waals surface area contributed by atoms with Gasteiger partial charge in [0.1, 0.15) is 11.3 Å². The molecule has 0 saturated heterocycles. The number of hydrogen-bond acceptors (Lipinski definition) is 1. The summed E-state index contributed by atoms with van der Waals surface area (Å²) >= 11 is 5.95. The van der Waals surface area contributed by atoms with Gasteiger partial charge in [0, 0.05) is 21.8 Å². The molecule has 0 spiro atoms. The number of fused-ring (bicyclic) bond motifs is 1. The van der Waals surface area contributed by atoms with Gasteiger partial charge < -0.3 is 4.42 Å². The molecule has 0 N–H and O–H groups in total. The van der Waals surface area contributed by atoms with Gasteiger partial charge in [-0.25, -0.2) is 0 Å². The van der Waals surface area contributed by atoms with Gasteiger partial charge in [0.05, 0.1) is 0 Å². The minimum absolute atomic E-state index is 0.965. The normalized spacial score (nSPS) is 12.4. The Balaban J connectivity index is 2.73. The van der Waals surface area contributed by atoms with Crippen LogP contribution in [0, 0.1) is 0 Å². The Morgan fingerprint density at radius 1 is 1.47 bits per heavy atom. The zero-order valence-corrected chi connectivity index (χ0v) is 13.6. The van der Waals surface area contributed by atoms with Crippen molar-refractivity contribution in [2.24, 2.45) is 0 Å². The average Bonchev–Trinajstić information content (AvgIpc) is 2.58. The molecule has 0 unspecified atom stereocenters. The SMILES string of the molecule is CCCc1oc2cccc(Br)c2c1/C=C(\C)I. The minimum Gasteiger partial charge on any atom is -0.460 e. The van der Waals surface area contributed by atoms with Crippen LogP contribution in [0.4, 0.5) is 0 Å². The standard InChI is InChI=1S/C14H14BrIO/c1-3-5-12-10(8-9(2)16)14-11(15)6-4-7-13(14)17-12/h4,6-8H,3,5H2,1-2H3/b9-8+. The first-order chi connectivity index (χ1) is 8.13. The second-order valence-corrected chi connectivity index (χ2v) is 6.59. The molecule has 0 saturated carbocycles. The lowest BCUT2D eigenvalue weighted by Gasteiger charge is -1.97. The van der Waals surface area contributed by atoms with Crippen LogP contribution >= 0.6 is 38.5 Å². The van der Waals surface area contributed by atoms with E-state index in [1.54, 1.807) is 0 Å². The molecular weight excluding hydrogens is 391 g/mol. The molecule has 0 aliphatic rings. The summed E-state index contributed by atoms with van der Waals surface area (Å²) in [5, 5.41) is 1.19. The summed E-state index contributed by atoms with van der Waals surface area (Å²) in [6.45, 7) is 4.28. The van der Waals surface area contributed by atoms with E-state index in [1.165, 1.54) is 14.5 Å². The first-order valence-electron chi connectivity index (χ1n) is 5.67. The van der Waals surface area contributed by atoms with Crippen molar-refractivity contribution < 1.29 is 4.42 Å². The molecule has 0 amide bonds. The molecule has 90 valence electrons.